The van der Waals surface area contributed by atoms with E-state index in [2.05, 4.69) is 15.9 Å². The molecule has 0 aliphatic rings. The quantitative estimate of drug-likeness (QED) is 0.744. The van der Waals surface area contributed by atoms with Crippen molar-refractivity contribution in [1.29, 1.82) is 0 Å². The molecule has 0 aliphatic carbocycles. The molecule has 2 atom stereocenters. The zero-order chi connectivity index (χ0) is 11.3. The fourth-order valence-corrected chi connectivity index (χ4v) is 2.19. The highest BCUT2D eigenvalue weighted by atomic mass is 79.9. The Morgan fingerprint density at radius 2 is 2.07 bits per heavy atom. The molecule has 1 rings (SSSR count). The standard InChI is InChI=1S/C12H16BrFO/c1-9(15-2)7-10(8-13)11-5-3-4-6-12(11)14/h3-6,9-10H,7-8H2,1-2H3. The van der Waals surface area contributed by atoms with Gasteiger partial charge in [-0.25, -0.2) is 4.39 Å². The summed E-state index contributed by atoms with van der Waals surface area (Å²) in [6.07, 6.45) is 0.968. The Hall–Kier alpha value is -0.410. The third-order valence-corrected chi connectivity index (χ3v) is 3.33. The lowest BCUT2D eigenvalue weighted by molar-refractivity contribution is 0.106. The summed E-state index contributed by atoms with van der Waals surface area (Å²) in [4.78, 5) is 0. The first kappa shape index (κ1) is 12.7. The molecule has 3 heteroatoms. The van der Waals surface area contributed by atoms with Crippen molar-refractivity contribution < 1.29 is 9.13 Å². The van der Waals surface area contributed by atoms with Crippen molar-refractivity contribution in [2.45, 2.75) is 25.4 Å². The lowest BCUT2D eigenvalue weighted by atomic mass is 9.95. The molecule has 2 unspecified atom stereocenters. The number of halogens is 2. The van der Waals surface area contributed by atoms with Crippen LogP contribution in [-0.2, 0) is 4.74 Å². The molecule has 0 bridgehead atoms. The van der Waals surface area contributed by atoms with Crippen LogP contribution in [0.4, 0.5) is 4.39 Å². The predicted octanol–water partition coefficient (Wildman–Crippen LogP) is 3.73. The molecule has 0 aliphatic heterocycles. The summed E-state index contributed by atoms with van der Waals surface area (Å²) >= 11 is 3.42. The van der Waals surface area contributed by atoms with E-state index in [1.807, 2.05) is 19.1 Å². The number of alkyl halides is 1. The van der Waals surface area contributed by atoms with E-state index >= 15 is 0 Å². The van der Waals surface area contributed by atoms with Crippen LogP contribution in [0.15, 0.2) is 24.3 Å². The lowest BCUT2D eigenvalue weighted by Gasteiger charge is -2.18. The van der Waals surface area contributed by atoms with Crippen LogP contribution in [0.3, 0.4) is 0 Å². The highest BCUT2D eigenvalue weighted by Gasteiger charge is 2.16. The topological polar surface area (TPSA) is 9.23 Å². The summed E-state index contributed by atoms with van der Waals surface area (Å²) < 4.78 is 18.7. The number of hydrogen-bond donors (Lipinski definition) is 0. The maximum absolute atomic E-state index is 13.5. The fourth-order valence-electron chi connectivity index (χ4n) is 1.58. The Labute approximate surface area is 98.8 Å². The number of rotatable bonds is 5. The largest absolute Gasteiger partial charge is 0.382 e. The molecule has 0 saturated carbocycles. The van der Waals surface area contributed by atoms with Crippen LogP contribution in [-0.4, -0.2) is 18.5 Å². The third-order valence-electron chi connectivity index (χ3n) is 2.55. The summed E-state index contributed by atoms with van der Waals surface area (Å²) in [6, 6.07) is 6.92. The maximum Gasteiger partial charge on any atom is 0.126 e. The van der Waals surface area contributed by atoms with Crippen LogP contribution in [0.2, 0.25) is 0 Å². The molecule has 84 valence electrons. The average molecular weight is 275 g/mol. The minimum absolute atomic E-state index is 0.134. The first-order chi connectivity index (χ1) is 7.19. The minimum atomic E-state index is -0.134. The van der Waals surface area contributed by atoms with Crippen LogP contribution in [0.1, 0.15) is 24.8 Å². The van der Waals surface area contributed by atoms with Gasteiger partial charge >= 0.3 is 0 Å². The Morgan fingerprint density at radius 3 is 2.60 bits per heavy atom. The maximum atomic E-state index is 13.5. The van der Waals surface area contributed by atoms with Gasteiger partial charge in [0.05, 0.1) is 6.10 Å². The molecule has 0 amide bonds. The van der Waals surface area contributed by atoms with Gasteiger partial charge < -0.3 is 4.74 Å². The normalized spacial score (nSPS) is 14.9. The molecule has 0 aromatic heterocycles. The molecule has 0 radical (unpaired) electrons. The number of benzene rings is 1. The van der Waals surface area contributed by atoms with Gasteiger partial charge in [0.15, 0.2) is 0 Å². The van der Waals surface area contributed by atoms with Gasteiger partial charge in [0, 0.05) is 12.4 Å². The van der Waals surface area contributed by atoms with E-state index in [1.54, 1.807) is 13.2 Å². The van der Waals surface area contributed by atoms with Crippen molar-refractivity contribution in [3.05, 3.63) is 35.6 Å². The second-order valence-electron chi connectivity index (χ2n) is 3.65. The van der Waals surface area contributed by atoms with E-state index in [0.29, 0.717) is 0 Å². The van der Waals surface area contributed by atoms with E-state index in [1.165, 1.54) is 6.07 Å². The van der Waals surface area contributed by atoms with Crippen LogP contribution in [0.5, 0.6) is 0 Å². The number of methoxy groups -OCH3 is 1. The van der Waals surface area contributed by atoms with Crippen molar-refractivity contribution in [3.8, 4) is 0 Å². The SMILES string of the molecule is COC(C)CC(CBr)c1ccccc1F. The summed E-state index contributed by atoms with van der Waals surface area (Å²) in [5.74, 6) is 0.0337. The van der Waals surface area contributed by atoms with Gasteiger partial charge in [0.1, 0.15) is 5.82 Å². The molecule has 1 nitrogen and oxygen atoms in total. The highest BCUT2D eigenvalue weighted by Crippen LogP contribution is 2.26. The Morgan fingerprint density at radius 1 is 1.40 bits per heavy atom. The van der Waals surface area contributed by atoms with Gasteiger partial charge in [0.2, 0.25) is 0 Å². The van der Waals surface area contributed by atoms with Crippen molar-refractivity contribution in [2.75, 3.05) is 12.4 Å². The third kappa shape index (κ3) is 3.58. The molecule has 15 heavy (non-hydrogen) atoms. The molecule has 0 saturated heterocycles. The Balaban J connectivity index is 2.78. The monoisotopic (exact) mass is 274 g/mol. The van der Waals surface area contributed by atoms with Crippen LogP contribution in [0, 0.1) is 5.82 Å². The Kier molecular flexibility index (Phi) is 5.26. The molecule has 0 fully saturated rings. The van der Waals surface area contributed by atoms with E-state index in [-0.39, 0.29) is 17.8 Å². The summed E-state index contributed by atoms with van der Waals surface area (Å²) in [5, 5.41) is 0.752. The van der Waals surface area contributed by atoms with E-state index in [9.17, 15) is 4.39 Å². The van der Waals surface area contributed by atoms with Crippen LogP contribution in [0.25, 0.3) is 0 Å². The molecule has 0 heterocycles. The van der Waals surface area contributed by atoms with Gasteiger partial charge in [-0.05, 0) is 30.9 Å². The highest BCUT2D eigenvalue weighted by molar-refractivity contribution is 9.09. The second-order valence-corrected chi connectivity index (χ2v) is 4.30. The van der Waals surface area contributed by atoms with Crippen LogP contribution >= 0.6 is 15.9 Å². The molecule has 0 spiro atoms. The van der Waals surface area contributed by atoms with E-state index in [4.69, 9.17) is 4.74 Å². The first-order valence-corrected chi connectivity index (χ1v) is 6.14. The van der Waals surface area contributed by atoms with Crippen molar-refractivity contribution in [1.82, 2.24) is 0 Å². The summed E-state index contributed by atoms with van der Waals surface area (Å²) in [7, 11) is 1.68. The zero-order valence-electron chi connectivity index (χ0n) is 9.04. The van der Waals surface area contributed by atoms with Gasteiger partial charge in [-0.2, -0.15) is 0 Å². The average Bonchev–Trinajstić information content (AvgIpc) is 2.26. The fraction of sp³-hybridized carbons (Fsp3) is 0.500. The van der Waals surface area contributed by atoms with Crippen molar-refractivity contribution in [2.24, 2.45) is 0 Å². The smallest absolute Gasteiger partial charge is 0.126 e. The number of hydrogen-bond acceptors (Lipinski definition) is 1. The van der Waals surface area contributed by atoms with Crippen LogP contribution < -0.4 is 0 Å². The molecular weight excluding hydrogens is 259 g/mol. The van der Waals surface area contributed by atoms with E-state index in [0.717, 1.165) is 17.3 Å². The second kappa shape index (κ2) is 6.23. The zero-order valence-corrected chi connectivity index (χ0v) is 10.6. The number of ether oxygens (including phenoxy) is 1. The molecule has 1 aromatic rings. The lowest BCUT2D eigenvalue weighted by Crippen LogP contribution is -2.13. The van der Waals surface area contributed by atoms with Gasteiger partial charge in [-0.3, -0.25) is 0 Å². The predicted molar refractivity (Wildman–Crippen MR) is 64.0 cm³/mol. The van der Waals surface area contributed by atoms with Gasteiger partial charge in [-0.15, -0.1) is 0 Å². The molecule has 0 N–H and O–H groups in total. The van der Waals surface area contributed by atoms with Gasteiger partial charge in [0.25, 0.3) is 0 Å². The summed E-state index contributed by atoms with van der Waals surface area (Å²) in [6.45, 7) is 2.00. The van der Waals surface area contributed by atoms with Crippen molar-refractivity contribution >= 4 is 15.9 Å². The van der Waals surface area contributed by atoms with Crippen molar-refractivity contribution in [3.63, 3.8) is 0 Å². The molecule has 1 aromatic carbocycles. The first-order valence-electron chi connectivity index (χ1n) is 5.02. The minimum Gasteiger partial charge on any atom is -0.382 e. The Bertz CT molecular complexity index is 303. The van der Waals surface area contributed by atoms with Gasteiger partial charge in [-0.1, -0.05) is 34.1 Å². The summed E-state index contributed by atoms with van der Waals surface area (Å²) in [5.41, 5.74) is 0.762. The van der Waals surface area contributed by atoms with E-state index < -0.39 is 0 Å². The molecular formula is C12H16BrFO.